The summed E-state index contributed by atoms with van der Waals surface area (Å²) in [4.78, 5) is 0. The topological polar surface area (TPSA) is 66.8 Å². The molecule has 1 aliphatic carbocycles. The predicted molar refractivity (Wildman–Crippen MR) is 193 cm³/mol. The van der Waals surface area contributed by atoms with Crippen LogP contribution in [-0.2, 0) is 0 Å². The molecule has 2 unspecified atom stereocenters. The van der Waals surface area contributed by atoms with Crippen molar-refractivity contribution >= 4 is 44.6 Å². The number of fused-ring (bicyclic) bond motifs is 6. The lowest BCUT2D eigenvalue weighted by Gasteiger charge is -2.23. The fourth-order valence-electron chi connectivity index (χ4n) is 7.37. The molecule has 4 nitrogen and oxygen atoms in total. The molecular formula is C41H30N4S. The first-order valence-corrected chi connectivity index (χ1v) is 16.4. The van der Waals surface area contributed by atoms with Crippen LogP contribution in [0.3, 0.4) is 0 Å². The number of hydrogen-bond acceptors (Lipinski definition) is 4. The van der Waals surface area contributed by atoms with E-state index in [0.717, 1.165) is 33.2 Å². The van der Waals surface area contributed by atoms with E-state index in [1.165, 1.54) is 50.5 Å². The highest BCUT2D eigenvalue weighted by atomic mass is 32.1. The van der Waals surface area contributed by atoms with Crippen molar-refractivity contribution in [2.45, 2.75) is 12.0 Å². The van der Waals surface area contributed by atoms with Gasteiger partial charge in [-0.05, 0) is 80.9 Å². The van der Waals surface area contributed by atoms with Crippen LogP contribution >= 0.6 is 11.3 Å². The summed E-state index contributed by atoms with van der Waals surface area (Å²) < 4.78 is 2.28. The van der Waals surface area contributed by atoms with Gasteiger partial charge in [-0.25, -0.2) is 0 Å². The highest BCUT2D eigenvalue weighted by Gasteiger charge is 2.37. The SMILES string of the molecule is N=C(c1ccccc1-c1cc(-c2cccc3c2NC2c4ccn(-c5ccccc5)c4C=CC32)cc2ccccc12)c1ccsc1N. The summed E-state index contributed by atoms with van der Waals surface area (Å²) >= 11 is 1.47. The maximum absolute atomic E-state index is 9.16. The second-order valence-corrected chi connectivity index (χ2v) is 13.0. The lowest BCUT2D eigenvalue weighted by molar-refractivity contribution is 0.723. The molecule has 220 valence electrons. The zero-order valence-corrected chi connectivity index (χ0v) is 25.8. The number of hydrogen-bond donors (Lipinski definition) is 3. The van der Waals surface area contributed by atoms with E-state index in [9.17, 15) is 0 Å². The van der Waals surface area contributed by atoms with Crippen LogP contribution in [0.25, 0.3) is 44.8 Å². The average Bonchev–Trinajstić information content (AvgIpc) is 3.84. The lowest BCUT2D eigenvalue weighted by Crippen LogP contribution is -2.14. The smallest absolute Gasteiger partial charge is 0.0951 e. The molecular weight excluding hydrogens is 581 g/mol. The zero-order chi connectivity index (χ0) is 30.8. The van der Waals surface area contributed by atoms with Crippen molar-refractivity contribution in [1.82, 2.24) is 4.57 Å². The molecule has 5 heteroatoms. The van der Waals surface area contributed by atoms with Gasteiger partial charge in [0.25, 0.3) is 0 Å². The van der Waals surface area contributed by atoms with Crippen LogP contribution in [-0.4, -0.2) is 10.3 Å². The summed E-state index contributed by atoms with van der Waals surface area (Å²) in [6.45, 7) is 0. The number of benzene rings is 5. The second kappa shape index (κ2) is 10.5. The summed E-state index contributed by atoms with van der Waals surface area (Å²) in [6.07, 6.45) is 6.83. The number of nitrogens with one attached hydrogen (secondary N) is 2. The Balaban J connectivity index is 1.17. The molecule has 2 aliphatic rings. The summed E-state index contributed by atoms with van der Waals surface area (Å²) in [5, 5.41) is 18.1. The first-order chi connectivity index (χ1) is 22.7. The average molecular weight is 611 g/mol. The second-order valence-electron chi connectivity index (χ2n) is 12.0. The first kappa shape index (κ1) is 26.7. The van der Waals surface area contributed by atoms with Gasteiger partial charge in [0, 0.05) is 45.7 Å². The van der Waals surface area contributed by atoms with Gasteiger partial charge in [-0.3, -0.25) is 5.41 Å². The number of aromatic nitrogens is 1. The number of anilines is 2. The zero-order valence-electron chi connectivity index (χ0n) is 24.9. The van der Waals surface area contributed by atoms with E-state index in [0.29, 0.717) is 10.7 Å². The Hall–Kier alpha value is -5.65. The first-order valence-electron chi connectivity index (χ1n) is 15.5. The third-order valence-corrected chi connectivity index (χ3v) is 10.3. The number of nitrogens with two attached hydrogens (primary N) is 1. The molecule has 0 bridgehead atoms. The molecule has 4 N–H and O–H groups in total. The third-order valence-electron chi connectivity index (χ3n) is 9.53. The normalized spacial score (nSPS) is 16.1. The summed E-state index contributed by atoms with van der Waals surface area (Å²) in [7, 11) is 0. The molecule has 0 saturated heterocycles. The van der Waals surface area contributed by atoms with Gasteiger partial charge < -0.3 is 15.6 Å². The molecule has 2 atom stereocenters. The Morgan fingerprint density at radius 3 is 2.41 bits per heavy atom. The molecule has 46 heavy (non-hydrogen) atoms. The number of rotatable bonds is 5. The molecule has 0 radical (unpaired) electrons. The maximum Gasteiger partial charge on any atom is 0.0951 e. The molecule has 0 spiro atoms. The minimum atomic E-state index is 0.165. The van der Waals surface area contributed by atoms with E-state index in [-0.39, 0.29) is 12.0 Å². The van der Waals surface area contributed by atoms with E-state index >= 15 is 0 Å². The van der Waals surface area contributed by atoms with Gasteiger partial charge >= 0.3 is 0 Å². The summed E-state index contributed by atoms with van der Waals surface area (Å²) in [6, 6.07) is 43.0. The van der Waals surface area contributed by atoms with E-state index in [4.69, 9.17) is 11.1 Å². The molecule has 0 saturated carbocycles. The monoisotopic (exact) mass is 610 g/mol. The van der Waals surface area contributed by atoms with E-state index < -0.39 is 0 Å². The molecule has 7 aromatic rings. The largest absolute Gasteiger partial charge is 0.390 e. The van der Waals surface area contributed by atoms with Crippen LogP contribution in [0.2, 0.25) is 0 Å². The van der Waals surface area contributed by atoms with Crippen molar-refractivity contribution in [3.8, 4) is 27.9 Å². The van der Waals surface area contributed by atoms with Gasteiger partial charge in [0.05, 0.1) is 22.4 Å². The maximum atomic E-state index is 9.16. The van der Waals surface area contributed by atoms with Gasteiger partial charge in [-0.15, -0.1) is 11.3 Å². The highest BCUT2D eigenvalue weighted by Crippen LogP contribution is 2.52. The van der Waals surface area contributed by atoms with Crippen LogP contribution in [0.5, 0.6) is 0 Å². The molecule has 1 aliphatic heterocycles. The fraction of sp³-hybridized carbons (Fsp3) is 0.0488. The van der Waals surface area contributed by atoms with Gasteiger partial charge in [-0.1, -0.05) is 91.0 Å². The number of thiophene rings is 1. The van der Waals surface area contributed by atoms with Crippen molar-refractivity contribution in [3.63, 3.8) is 0 Å². The molecule has 0 fully saturated rings. The molecule has 9 rings (SSSR count). The lowest BCUT2D eigenvalue weighted by atomic mass is 9.85. The third kappa shape index (κ3) is 4.09. The predicted octanol–water partition coefficient (Wildman–Crippen LogP) is 10.3. The van der Waals surface area contributed by atoms with Crippen LogP contribution in [0.1, 0.15) is 39.9 Å². The van der Waals surface area contributed by atoms with Crippen molar-refractivity contribution in [2.24, 2.45) is 0 Å². The number of para-hydroxylation sites is 2. The van der Waals surface area contributed by atoms with Crippen LogP contribution in [0.4, 0.5) is 10.7 Å². The summed E-state index contributed by atoms with van der Waals surface area (Å²) in [5.74, 6) is 0.256. The minimum Gasteiger partial charge on any atom is -0.390 e. The van der Waals surface area contributed by atoms with E-state index in [1.807, 2.05) is 23.6 Å². The highest BCUT2D eigenvalue weighted by molar-refractivity contribution is 7.14. The molecule has 5 aromatic carbocycles. The van der Waals surface area contributed by atoms with Crippen molar-refractivity contribution in [1.29, 1.82) is 5.41 Å². The van der Waals surface area contributed by atoms with Crippen LogP contribution in [0.15, 0.2) is 139 Å². The van der Waals surface area contributed by atoms with Gasteiger partial charge in [0.2, 0.25) is 0 Å². The molecule has 2 aromatic heterocycles. The fourth-order valence-corrected chi connectivity index (χ4v) is 8.01. The van der Waals surface area contributed by atoms with E-state index in [1.54, 1.807) is 0 Å². The Morgan fingerprint density at radius 1 is 0.739 bits per heavy atom. The summed E-state index contributed by atoms with van der Waals surface area (Å²) in [5.41, 5.74) is 19.1. The van der Waals surface area contributed by atoms with E-state index in [2.05, 4.69) is 131 Å². The van der Waals surface area contributed by atoms with Gasteiger partial charge in [0.15, 0.2) is 0 Å². The molecule has 0 amide bonds. The Bertz CT molecular complexity index is 2340. The number of nitrogen functional groups attached to an aromatic ring is 1. The van der Waals surface area contributed by atoms with Gasteiger partial charge in [-0.2, -0.15) is 0 Å². The number of nitrogens with zero attached hydrogens (tertiary/aromatic N) is 1. The van der Waals surface area contributed by atoms with Crippen LogP contribution in [0, 0.1) is 5.41 Å². The van der Waals surface area contributed by atoms with Crippen LogP contribution < -0.4 is 11.1 Å². The van der Waals surface area contributed by atoms with Gasteiger partial charge in [0.1, 0.15) is 0 Å². The standard InChI is InChI=1S/C41H30N4S/c42-38(35-20-22-46-41(35)43)31-14-7-6-13-30(31)36-24-26(23-25-9-4-5-12-28(25)36)29-15-8-16-32-33-17-18-37-34(40(33)44-39(29)32)19-21-45(37)27-10-2-1-3-11-27/h1-24,33,40,42,44H,43H2. The Labute approximate surface area is 271 Å². The van der Waals surface area contributed by atoms with Crippen molar-refractivity contribution in [3.05, 3.63) is 167 Å². The van der Waals surface area contributed by atoms with Crippen molar-refractivity contribution in [2.75, 3.05) is 11.1 Å². The van der Waals surface area contributed by atoms with Crippen molar-refractivity contribution < 1.29 is 0 Å². The Kier molecular flexibility index (Phi) is 6.08. The Morgan fingerprint density at radius 2 is 1.54 bits per heavy atom. The molecule has 3 heterocycles. The quantitative estimate of drug-likeness (QED) is 0.170. The minimum absolute atomic E-state index is 0.165.